The summed E-state index contributed by atoms with van der Waals surface area (Å²) < 4.78 is 10.7. The van der Waals surface area contributed by atoms with Crippen LogP contribution < -0.4 is 15.8 Å². The van der Waals surface area contributed by atoms with Crippen LogP contribution in [-0.2, 0) is 4.74 Å². The summed E-state index contributed by atoms with van der Waals surface area (Å²) in [4.78, 5) is 0.480. The molecule has 0 spiro atoms. The zero-order valence-electron chi connectivity index (χ0n) is 10.4. The molecule has 6 heteroatoms. The minimum atomic E-state index is 0.409. The van der Waals surface area contributed by atoms with Crippen molar-refractivity contribution in [1.29, 1.82) is 5.26 Å². The van der Waals surface area contributed by atoms with E-state index in [1.165, 1.54) is 24.2 Å². The minimum Gasteiger partial charge on any atom is -0.492 e. The second-order valence-electron chi connectivity index (χ2n) is 4.26. The second kappa shape index (κ2) is 5.94. The first-order valence-electron chi connectivity index (χ1n) is 5.94. The van der Waals surface area contributed by atoms with Crippen LogP contribution in [0.2, 0.25) is 0 Å². The lowest BCUT2D eigenvalue weighted by atomic mass is 10.4. The Kier molecular flexibility index (Phi) is 4.28. The molecular formula is C12H17N3O2S. The molecule has 0 aromatic carbocycles. The lowest BCUT2D eigenvalue weighted by Gasteiger charge is -2.07. The predicted octanol–water partition coefficient (Wildman–Crippen LogP) is 2.05. The van der Waals surface area contributed by atoms with Gasteiger partial charge in [-0.1, -0.05) is 0 Å². The van der Waals surface area contributed by atoms with Crippen LogP contribution in [0.25, 0.3) is 0 Å². The van der Waals surface area contributed by atoms with E-state index in [0.29, 0.717) is 29.5 Å². The van der Waals surface area contributed by atoms with E-state index >= 15 is 0 Å². The number of hydrogen-bond donors (Lipinski definition) is 2. The molecule has 0 atom stereocenters. The summed E-state index contributed by atoms with van der Waals surface area (Å²) in [7, 11) is 1.55. The van der Waals surface area contributed by atoms with Crippen molar-refractivity contribution in [3.8, 4) is 11.8 Å². The summed E-state index contributed by atoms with van der Waals surface area (Å²) >= 11 is 1.31. The molecule has 0 radical (unpaired) electrons. The maximum Gasteiger partial charge on any atom is 0.177 e. The Bertz CT molecular complexity index is 449. The summed E-state index contributed by atoms with van der Waals surface area (Å²) in [6.45, 7) is 2.20. The van der Waals surface area contributed by atoms with Crippen LogP contribution in [0.3, 0.4) is 0 Å². The van der Waals surface area contributed by atoms with Gasteiger partial charge in [0, 0.05) is 13.2 Å². The van der Waals surface area contributed by atoms with E-state index in [0.717, 1.165) is 17.5 Å². The zero-order valence-corrected chi connectivity index (χ0v) is 11.2. The SMILES string of the molecule is COc1c(NCCOCC2CC2)sc(C#N)c1N. The molecule has 18 heavy (non-hydrogen) atoms. The van der Waals surface area contributed by atoms with Crippen LogP contribution in [0, 0.1) is 17.2 Å². The fourth-order valence-corrected chi connectivity index (χ4v) is 2.51. The van der Waals surface area contributed by atoms with Crippen LogP contribution in [0.5, 0.6) is 5.75 Å². The van der Waals surface area contributed by atoms with Gasteiger partial charge >= 0.3 is 0 Å². The van der Waals surface area contributed by atoms with E-state index in [1.807, 2.05) is 0 Å². The molecule has 3 N–H and O–H groups in total. The van der Waals surface area contributed by atoms with Gasteiger partial charge in [-0.2, -0.15) is 5.26 Å². The lowest BCUT2D eigenvalue weighted by molar-refractivity contribution is 0.134. The maximum absolute atomic E-state index is 8.90. The molecule has 1 heterocycles. The van der Waals surface area contributed by atoms with E-state index in [4.69, 9.17) is 20.5 Å². The van der Waals surface area contributed by atoms with Crippen molar-refractivity contribution in [2.45, 2.75) is 12.8 Å². The van der Waals surface area contributed by atoms with E-state index in [2.05, 4.69) is 11.4 Å². The summed E-state index contributed by atoms with van der Waals surface area (Å²) in [5.41, 5.74) is 6.20. The Balaban J connectivity index is 1.82. The van der Waals surface area contributed by atoms with Gasteiger partial charge in [0.15, 0.2) is 5.75 Å². The number of nitrogen functional groups attached to an aromatic ring is 1. The van der Waals surface area contributed by atoms with E-state index in [-0.39, 0.29) is 0 Å². The highest BCUT2D eigenvalue weighted by Crippen LogP contribution is 2.41. The first-order chi connectivity index (χ1) is 8.76. The van der Waals surface area contributed by atoms with Gasteiger partial charge in [-0.25, -0.2) is 0 Å². The summed E-state index contributed by atoms with van der Waals surface area (Å²) in [6, 6.07) is 2.06. The van der Waals surface area contributed by atoms with Gasteiger partial charge in [0.2, 0.25) is 0 Å². The number of nitrogens with zero attached hydrogens (tertiary/aromatic N) is 1. The molecule has 1 aromatic heterocycles. The fourth-order valence-electron chi connectivity index (χ4n) is 1.60. The van der Waals surface area contributed by atoms with Crippen molar-refractivity contribution < 1.29 is 9.47 Å². The standard InChI is InChI=1S/C12H17N3O2S/c1-16-11-10(14)9(6-13)18-12(11)15-4-5-17-7-8-2-3-8/h8,15H,2-5,7,14H2,1H3. The third kappa shape index (κ3) is 3.06. The van der Waals surface area contributed by atoms with Crippen LogP contribution in [-0.4, -0.2) is 26.9 Å². The van der Waals surface area contributed by atoms with Crippen LogP contribution in [0.4, 0.5) is 10.7 Å². The molecule has 0 aliphatic heterocycles. The highest BCUT2D eigenvalue weighted by Gasteiger charge is 2.21. The Hall–Kier alpha value is -1.45. The molecule has 0 amide bonds. The average molecular weight is 267 g/mol. The van der Waals surface area contributed by atoms with Gasteiger partial charge in [0.1, 0.15) is 21.6 Å². The molecule has 0 unspecified atom stereocenters. The quantitative estimate of drug-likeness (QED) is 0.739. The number of nitriles is 1. The molecular weight excluding hydrogens is 250 g/mol. The number of ether oxygens (including phenoxy) is 2. The van der Waals surface area contributed by atoms with Crippen molar-refractivity contribution in [3.63, 3.8) is 0 Å². The predicted molar refractivity (Wildman–Crippen MR) is 72.0 cm³/mol. The van der Waals surface area contributed by atoms with Crippen molar-refractivity contribution in [2.24, 2.45) is 5.92 Å². The van der Waals surface area contributed by atoms with Crippen molar-refractivity contribution in [3.05, 3.63) is 4.88 Å². The van der Waals surface area contributed by atoms with Crippen molar-refractivity contribution in [2.75, 3.05) is 37.9 Å². The molecule has 1 saturated carbocycles. The van der Waals surface area contributed by atoms with E-state index in [1.54, 1.807) is 7.11 Å². The van der Waals surface area contributed by atoms with Crippen molar-refractivity contribution in [1.82, 2.24) is 0 Å². The van der Waals surface area contributed by atoms with Gasteiger partial charge in [-0.05, 0) is 18.8 Å². The highest BCUT2D eigenvalue weighted by atomic mass is 32.1. The fraction of sp³-hybridized carbons (Fsp3) is 0.583. The zero-order chi connectivity index (χ0) is 13.0. The third-order valence-corrected chi connectivity index (χ3v) is 3.84. The number of anilines is 2. The molecule has 0 saturated heterocycles. The number of thiophene rings is 1. The summed E-state index contributed by atoms with van der Waals surface area (Å²) in [5, 5.41) is 12.9. The molecule has 0 bridgehead atoms. The first-order valence-corrected chi connectivity index (χ1v) is 6.76. The third-order valence-electron chi connectivity index (χ3n) is 2.79. The lowest BCUT2D eigenvalue weighted by Crippen LogP contribution is -2.10. The van der Waals surface area contributed by atoms with E-state index in [9.17, 15) is 0 Å². The molecule has 1 aliphatic carbocycles. The van der Waals surface area contributed by atoms with Gasteiger partial charge in [0.05, 0.1) is 13.7 Å². The summed E-state index contributed by atoms with van der Waals surface area (Å²) in [5.74, 6) is 1.33. The Morgan fingerprint density at radius 1 is 1.56 bits per heavy atom. The molecule has 1 aliphatic rings. The molecule has 2 rings (SSSR count). The minimum absolute atomic E-state index is 0.409. The molecule has 1 aromatic rings. The summed E-state index contributed by atoms with van der Waals surface area (Å²) in [6.07, 6.45) is 2.60. The van der Waals surface area contributed by atoms with E-state index < -0.39 is 0 Å². The Morgan fingerprint density at radius 3 is 2.94 bits per heavy atom. The van der Waals surface area contributed by atoms with Crippen LogP contribution in [0.15, 0.2) is 0 Å². The van der Waals surface area contributed by atoms with Gasteiger partial charge < -0.3 is 20.5 Å². The maximum atomic E-state index is 8.90. The second-order valence-corrected chi connectivity index (χ2v) is 5.28. The first kappa shape index (κ1) is 13.0. The number of nitrogens with one attached hydrogen (secondary N) is 1. The van der Waals surface area contributed by atoms with Gasteiger partial charge in [0.25, 0.3) is 0 Å². The monoisotopic (exact) mass is 267 g/mol. The van der Waals surface area contributed by atoms with Crippen molar-refractivity contribution >= 4 is 22.0 Å². The number of methoxy groups -OCH3 is 1. The Labute approximate surface area is 110 Å². The highest BCUT2D eigenvalue weighted by molar-refractivity contribution is 7.17. The normalized spacial score (nSPS) is 14.2. The number of hydrogen-bond acceptors (Lipinski definition) is 6. The molecule has 98 valence electrons. The smallest absolute Gasteiger partial charge is 0.177 e. The van der Waals surface area contributed by atoms with Crippen LogP contribution in [0.1, 0.15) is 17.7 Å². The number of rotatable bonds is 7. The largest absolute Gasteiger partial charge is 0.492 e. The van der Waals surface area contributed by atoms with Crippen LogP contribution >= 0.6 is 11.3 Å². The van der Waals surface area contributed by atoms with Gasteiger partial charge in [-0.3, -0.25) is 0 Å². The molecule has 5 nitrogen and oxygen atoms in total. The number of nitrogens with two attached hydrogens (primary N) is 1. The topological polar surface area (TPSA) is 80.3 Å². The average Bonchev–Trinajstić information content (AvgIpc) is 3.14. The molecule has 1 fully saturated rings. The van der Waals surface area contributed by atoms with Gasteiger partial charge in [-0.15, -0.1) is 11.3 Å². The Morgan fingerprint density at radius 2 is 2.33 bits per heavy atom.